The fraction of sp³-hybridized carbons (Fsp3) is 0.250. The monoisotopic (exact) mass is 464 g/mol. The summed E-state index contributed by atoms with van der Waals surface area (Å²) >= 11 is 0. The largest absolute Gasteiger partial charge is 0.416 e. The molecule has 1 aliphatic rings. The lowest BCUT2D eigenvalue weighted by molar-refractivity contribution is -0.143. The first-order chi connectivity index (χ1) is 15.5. The van der Waals surface area contributed by atoms with Gasteiger partial charge in [-0.3, -0.25) is 9.78 Å². The van der Waals surface area contributed by atoms with Crippen LogP contribution in [-0.2, 0) is 25.3 Å². The van der Waals surface area contributed by atoms with Crippen molar-refractivity contribution in [2.24, 2.45) is 0 Å². The number of hydrogen-bond donors (Lipinski definition) is 0. The van der Waals surface area contributed by atoms with E-state index in [-0.39, 0.29) is 24.7 Å². The molecular formula is C24H18F6N2O. The first-order valence-corrected chi connectivity index (χ1v) is 10.1. The minimum atomic E-state index is -4.95. The van der Waals surface area contributed by atoms with Gasteiger partial charge in [0.15, 0.2) is 0 Å². The highest BCUT2D eigenvalue weighted by Gasteiger charge is 2.37. The Balaban J connectivity index is 1.74. The highest BCUT2D eigenvalue weighted by Crippen LogP contribution is 2.37. The maximum Gasteiger partial charge on any atom is 0.416 e. The molecule has 0 radical (unpaired) electrons. The van der Waals surface area contributed by atoms with Crippen LogP contribution in [0.4, 0.5) is 26.3 Å². The molecule has 1 aromatic heterocycles. The molecule has 0 saturated heterocycles. The number of aromatic nitrogens is 1. The molecular weight excluding hydrogens is 446 g/mol. The van der Waals surface area contributed by atoms with Crippen molar-refractivity contribution in [1.82, 2.24) is 9.88 Å². The second kappa shape index (κ2) is 8.53. The molecule has 0 unspecified atom stereocenters. The Labute approximate surface area is 185 Å². The van der Waals surface area contributed by atoms with Crippen LogP contribution in [0.2, 0.25) is 0 Å². The van der Waals surface area contributed by atoms with E-state index < -0.39 is 29.4 Å². The van der Waals surface area contributed by atoms with Crippen LogP contribution in [-0.4, -0.2) is 22.3 Å². The highest BCUT2D eigenvalue weighted by atomic mass is 19.4. The van der Waals surface area contributed by atoms with Crippen molar-refractivity contribution in [1.29, 1.82) is 0 Å². The number of benzene rings is 2. The SMILES string of the molecule is O=C1c2c(-c3ccccc3)ccnc2CCCN1Cc1cc(C(F)(F)F)cc(C(F)(F)F)c1. The second-order valence-corrected chi connectivity index (χ2v) is 7.79. The summed E-state index contributed by atoms with van der Waals surface area (Å²) < 4.78 is 79.4. The molecule has 1 aliphatic heterocycles. The van der Waals surface area contributed by atoms with E-state index >= 15 is 0 Å². The van der Waals surface area contributed by atoms with E-state index in [1.165, 1.54) is 4.90 Å². The molecule has 0 fully saturated rings. The summed E-state index contributed by atoms with van der Waals surface area (Å²) in [6, 6.07) is 12.2. The van der Waals surface area contributed by atoms with Crippen molar-refractivity contribution < 1.29 is 31.1 Å². The summed E-state index contributed by atoms with van der Waals surface area (Å²) in [5.74, 6) is -0.472. The van der Waals surface area contributed by atoms with Crippen LogP contribution in [0.25, 0.3) is 11.1 Å². The first kappa shape index (κ1) is 22.8. The fourth-order valence-corrected chi connectivity index (χ4v) is 3.97. The number of pyridine rings is 1. The fourth-order valence-electron chi connectivity index (χ4n) is 3.97. The predicted molar refractivity (Wildman–Crippen MR) is 109 cm³/mol. The number of carbonyl (C=O) groups excluding carboxylic acids is 1. The van der Waals surface area contributed by atoms with E-state index in [0.29, 0.717) is 41.8 Å². The number of amides is 1. The van der Waals surface area contributed by atoms with Gasteiger partial charge in [-0.25, -0.2) is 0 Å². The quantitative estimate of drug-likeness (QED) is 0.422. The molecule has 0 N–H and O–H groups in total. The van der Waals surface area contributed by atoms with E-state index in [1.807, 2.05) is 30.3 Å². The van der Waals surface area contributed by atoms with Crippen molar-refractivity contribution in [3.8, 4) is 11.1 Å². The topological polar surface area (TPSA) is 33.2 Å². The molecule has 0 spiro atoms. The van der Waals surface area contributed by atoms with Crippen LogP contribution >= 0.6 is 0 Å². The number of hydrogen-bond acceptors (Lipinski definition) is 2. The Morgan fingerprint density at radius 1 is 0.879 bits per heavy atom. The zero-order valence-corrected chi connectivity index (χ0v) is 17.2. The Bertz CT molecular complexity index is 1140. The van der Waals surface area contributed by atoms with Gasteiger partial charge in [-0.15, -0.1) is 0 Å². The van der Waals surface area contributed by atoms with Gasteiger partial charge in [-0.05, 0) is 53.8 Å². The van der Waals surface area contributed by atoms with Crippen LogP contribution < -0.4 is 0 Å². The normalized spacial score (nSPS) is 14.7. The van der Waals surface area contributed by atoms with Crippen molar-refractivity contribution in [2.75, 3.05) is 6.54 Å². The van der Waals surface area contributed by atoms with Gasteiger partial charge in [0.1, 0.15) is 0 Å². The van der Waals surface area contributed by atoms with Crippen molar-refractivity contribution >= 4 is 5.91 Å². The molecule has 9 heteroatoms. The number of halogens is 6. The zero-order chi connectivity index (χ0) is 23.8. The third-order valence-electron chi connectivity index (χ3n) is 5.48. The van der Waals surface area contributed by atoms with E-state index in [0.717, 1.165) is 5.56 Å². The summed E-state index contributed by atoms with van der Waals surface area (Å²) in [5.41, 5.74) is -0.766. The summed E-state index contributed by atoms with van der Waals surface area (Å²) in [5, 5.41) is 0. The van der Waals surface area contributed by atoms with Gasteiger partial charge in [0.05, 0.1) is 22.4 Å². The maximum atomic E-state index is 13.4. The van der Waals surface area contributed by atoms with Gasteiger partial charge < -0.3 is 4.90 Å². The van der Waals surface area contributed by atoms with Crippen LogP contribution in [0.15, 0.2) is 60.8 Å². The molecule has 0 bridgehead atoms. The van der Waals surface area contributed by atoms with Gasteiger partial charge >= 0.3 is 12.4 Å². The number of carbonyl (C=O) groups is 1. The Morgan fingerprint density at radius 3 is 2.12 bits per heavy atom. The maximum absolute atomic E-state index is 13.4. The summed E-state index contributed by atoms with van der Waals surface area (Å²) in [6.45, 7) is -0.199. The number of alkyl halides is 6. The lowest BCUT2D eigenvalue weighted by Gasteiger charge is -2.23. The number of nitrogens with zero attached hydrogens (tertiary/aromatic N) is 2. The molecule has 0 atom stereocenters. The summed E-state index contributed by atoms with van der Waals surface area (Å²) in [4.78, 5) is 19.0. The van der Waals surface area contributed by atoms with Crippen LogP contribution in [0.1, 0.15) is 39.2 Å². The smallest absolute Gasteiger partial charge is 0.334 e. The van der Waals surface area contributed by atoms with Gasteiger partial charge in [-0.1, -0.05) is 30.3 Å². The third-order valence-corrected chi connectivity index (χ3v) is 5.48. The molecule has 3 nitrogen and oxygen atoms in total. The van der Waals surface area contributed by atoms with Gasteiger partial charge in [-0.2, -0.15) is 26.3 Å². The lowest BCUT2D eigenvalue weighted by atomic mass is 9.97. The standard InChI is InChI=1S/C24H18F6N2O/c25-23(26,27)17-11-15(12-18(13-17)24(28,29)30)14-32-10-4-7-20-21(22(32)33)19(8-9-31-20)16-5-2-1-3-6-16/h1-3,5-6,8-9,11-13H,4,7,10,14H2. The Morgan fingerprint density at radius 2 is 1.52 bits per heavy atom. The van der Waals surface area contributed by atoms with Crippen molar-refractivity contribution in [3.05, 3.63) is 88.7 Å². The highest BCUT2D eigenvalue weighted by molar-refractivity contribution is 6.02. The Kier molecular flexibility index (Phi) is 5.90. The van der Waals surface area contributed by atoms with E-state index in [4.69, 9.17) is 0 Å². The van der Waals surface area contributed by atoms with Gasteiger partial charge in [0.25, 0.3) is 5.91 Å². The lowest BCUT2D eigenvalue weighted by Crippen LogP contribution is -2.31. The zero-order valence-electron chi connectivity index (χ0n) is 17.2. The van der Waals surface area contributed by atoms with E-state index in [1.54, 1.807) is 12.3 Å². The van der Waals surface area contributed by atoms with Crippen molar-refractivity contribution in [3.63, 3.8) is 0 Å². The molecule has 2 heterocycles. The van der Waals surface area contributed by atoms with Crippen LogP contribution in [0.3, 0.4) is 0 Å². The molecule has 4 rings (SSSR count). The Hall–Kier alpha value is -3.36. The molecule has 0 aliphatic carbocycles. The number of aryl methyl sites for hydroxylation is 1. The average molecular weight is 464 g/mol. The average Bonchev–Trinajstić information content (AvgIpc) is 2.92. The number of rotatable bonds is 3. The van der Waals surface area contributed by atoms with Gasteiger partial charge in [0.2, 0.25) is 0 Å². The second-order valence-electron chi connectivity index (χ2n) is 7.79. The minimum absolute atomic E-state index is 0.0838. The molecule has 1 amide bonds. The predicted octanol–water partition coefficient (Wildman–Crippen LogP) is 6.37. The minimum Gasteiger partial charge on any atom is -0.334 e. The summed E-state index contributed by atoms with van der Waals surface area (Å²) in [7, 11) is 0. The molecule has 0 saturated carbocycles. The molecule has 2 aromatic carbocycles. The summed E-state index contributed by atoms with van der Waals surface area (Å²) in [6.07, 6.45) is -7.36. The van der Waals surface area contributed by atoms with Crippen LogP contribution in [0, 0.1) is 0 Å². The number of fused-ring (bicyclic) bond motifs is 1. The van der Waals surface area contributed by atoms with E-state index in [9.17, 15) is 31.1 Å². The van der Waals surface area contributed by atoms with Gasteiger partial charge in [0, 0.05) is 19.3 Å². The van der Waals surface area contributed by atoms with Crippen LogP contribution in [0.5, 0.6) is 0 Å². The first-order valence-electron chi connectivity index (χ1n) is 10.1. The molecule has 3 aromatic rings. The molecule has 172 valence electrons. The third kappa shape index (κ3) is 4.86. The van der Waals surface area contributed by atoms with E-state index in [2.05, 4.69) is 4.98 Å². The van der Waals surface area contributed by atoms with Crippen molar-refractivity contribution in [2.45, 2.75) is 31.7 Å². The molecule has 33 heavy (non-hydrogen) atoms.